The summed E-state index contributed by atoms with van der Waals surface area (Å²) in [5, 5.41) is 10.3. The minimum Gasteiger partial charge on any atom is -0.344 e. The number of hydrogen-bond acceptors (Lipinski definition) is 4. The minimum atomic E-state index is -4.45. The van der Waals surface area contributed by atoms with Gasteiger partial charge in [-0.05, 0) is 37.6 Å². The van der Waals surface area contributed by atoms with Crippen LogP contribution in [0.3, 0.4) is 0 Å². The lowest BCUT2D eigenvalue weighted by molar-refractivity contribution is -0.137. The van der Waals surface area contributed by atoms with E-state index in [0.717, 1.165) is 22.7 Å². The van der Waals surface area contributed by atoms with Gasteiger partial charge in [0.1, 0.15) is 0 Å². The number of rotatable bonds is 3. The van der Waals surface area contributed by atoms with Crippen LogP contribution in [0, 0.1) is 13.8 Å². The van der Waals surface area contributed by atoms with Crippen molar-refractivity contribution < 1.29 is 18.0 Å². The number of thiophene rings is 1. The summed E-state index contributed by atoms with van der Waals surface area (Å²) >= 11 is 1.37. The molecule has 0 unspecified atom stereocenters. The van der Waals surface area contributed by atoms with Gasteiger partial charge in [0.15, 0.2) is 11.5 Å². The summed E-state index contributed by atoms with van der Waals surface area (Å²) in [7, 11) is 0. The van der Waals surface area contributed by atoms with Gasteiger partial charge in [0.05, 0.1) is 17.0 Å². The highest BCUT2D eigenvalue weighted by atomic mass is 32.1. The molecule has 5 nitrogen and oxygen atoms in total. The van der Waals surface area contributed by atoms with Crippen molar-refractivity contribution in [3.8, 4) is 0 Å². The van der Waals surface area contributed by atoms with Crippen LogP contribution in [0.2, 0.25) is 0 Å². The van der Waals surface area contributed by atoms with E-state index in [0.29, 0.717) is 4.88 Å². The fourth-order valence-corrected chi connectivity index (χ4v) is 3.11. The van der Waals surface area contributed by atoms with Crippen molar-refractivity contribution in [3.05, 3.63) is 51.1 Å². The molecule has 9 heteroatoms. The van der Waals surface area contributed by atoms with E-state index in [1.54, 1.807) is 6.07 Å². The SMILES string of the molecule is Cc1cc(C(=O)NCc2nnc3ccc(C(F)(F)F)cn23)sc1C. The second-order valence-electron chi connectivity index (χ2n) is 5.29. The lowest BCUT2D eigenvalue weighted by Gasteiger charge is -2.07. The first-order chi connectivity index (χ1) is 11.3. The van der Waals surface area contributed by atoms with Gasteiger partial charge < -0.3 is 5.32 Å². The van der Waals surface area contributed by atoms with Crippen LogP contribution in [0.4, 0.5) is 13.2 Å². The molecule has 3 aromatic heterocycles. The molecule has 1 N–H and O–H groups in total. The van der Waals surface area contributed by atoms with Crippen molar-refractivity contribution in [2.45, 2.75) is 26.6 Å². The molecule has 0 aliphatic heterocycles. The van der Waals surface area contributed by atoms with E-state index in [4.69, 9.17) is 0 Å². The standard InChI is InChI=1S/C15H13F3N4OS/c1-8-5-11(24-9(8)2)14(23)19-6-13-21-20-12-4-3-10(7-22(12)13)15(16,17)18/h3-5,7H,6H2,1-2H3,(H,19,23). The largest absolute Gasteiger partial charge is 0.417 e. The molecule has 0 fully saturated rings. The van der Waals surface area contributed by atoms with E-state index in [1.807, 2.05) is 13.8 Å². The number of carbonyl (C=O) groups excluding carboxylic acids is 1. The molecule has 0 atom stereocenters. The molecular weight excluding hydrogens is 341 g/mol. The molecule has 24 heavy (non-hydrogen) atoms. The Bertz CT molecular complexity index is 894. The molecule has 3 aromatic rings. The van der Waals surface area contributed by atoms with E-state index >= 15 is 0 Å². The number of nitrogens with zero attached hydrogens (tertiary/aromatic N) is 3. The van der Waals surface area contributed by atoms with Crippen LogP contribution in [-0.2, 0) is 12.7 Å². The molecular formula is C15H13F3N4OS. The lowest BCUT2D eigenvalue weighted by Crippen LogP contribution is -2.23. The molecule has 0 bridgehead atoms. The Morgan fingerprint density at radius 2 is 2.04 bits per heavy atom. The van der Waals surface area contributed by atoms with Crippen molar-refractivity contribution in [3.63, 3.8) is 0 Å². The fourth-order valence-electron chi connectivity index (χ4n) is 2.16. The van der Waals surface area contributed by atoms with Crippen LogP contribution in [0.1, 0.15) is 31.5 Å². The molecule has 0 aliphatic carbocycles. The second-order valence-corrected chi connectivity index (χ2v) is 6.55. The van der Waals surface area contributed by atoms with Gasteiger partial charge in [-0.3, -0.25) is 9.20 Å². The molecule has 0 spiro atoms. The van der Waals surface area contributed by atoms with Gasteiger partial charge in [0.2, 0.25) is 0 Å². The van der Waals surface area contributed by atoms with E-state index in [1.165, 1.54) is 21.8 Å². The van der Waals surface area contributed by atoms with E-state index in [2.05, 4.69) is 15.5 Å². The Labute approximate surface area is 139 Å². The summed E-state index contributed by atoms with van der Waals surface area (Å²) in [6.07, 6.45) is -3.53. The van der Waals surface area contributed by atoms with Gasteiger partial charge in [-0.15, -0.1) is 21.5 Å². The van der Waals surface area contributed by atoms with Crippen molar-refractivity contribution in [1.82, 2.24) is 19.9 Å². The molecule has 0 aliphatic rings. The Morgan fingerprint density at radius 1 is 1.29 bits per heavy atom. The van der Waals surface area contributed by atoms with Crippen LogP contribution >= 0.6 is 11.3 Å². The smallest absolute Gasteiger partial charge is 0.344 e. The Morgan fingerprint density at radius 3 is 2.67 bits per heavy atom. The number of nitrogens with one attached hydrogen (secondary N) is 1. The van der Waals surface area contributed by atoms with Gasteiger partial charge in [-0.25, -0.2) is 0 Å². The van der Waals surface area contributed by atoms with Gasteiger partial charge in [-0.2, -0.15) is 13.2 Å². The average molecular weight is 354 g/mol. The van der Waals surface area contributed by atoms with Crippen LogP contribution < -0.4 is 5.32 Å². The Balaban J connectivity index is 1.81. The molecule has 1 amide bonds. The summed E-state index contributed by atoms with van der Waals surface area (Å²) in [4.78, 5) is 13.7. The monoisotopic (exact) mass is 354 g/mol. The zero-order valence-corrected chi connectivity index (χ0v) is 13.6. The zero-order valence-electron chi connectivity index (χ0n) is 12.8. The highest BCUT2D eigenvalue weighted by Gasteiger charge is 2.31. The van der Waals surface area contributed by atoms with Crippen LogP contribution in [0.15, 0.2) is 24.4 Å². The molecule has 0 radical (unpaired) electrons. The number of aryl methyl sites for hydroxylation is 2. The van der Waals surface area contributed by atoms with Gasteiger partial charge in [-0.1, -0.05) is 0 Å². The summed E-state index contributed by atoms with van der Waals surface area (Å²) in [6, 6.07) is 3.97. The maximum atomic E-state index is 12.8. The predicted molar refractivity (Wildman–Crippen MR) is 83.0 cm³/mol. The first-order valence-corrected chi connectivity index (χ1v) is 7.83. The summed E-state index contributed by atoms with van der Waals surface area (Å²) < 4.78 is 39.7. The van der Waals surface area contributed by atoms with E-state index in [9.17, 15) is 18.0 Å². The molecule has 3 rings (SSSR count). The van der Waals surface area contributed by atoms with Crippen molar-refractivity contribution in [2.24, 2.45) is 0 Å². The van der Waals surface area contributed by atoms with Crippen LogP contribution in [0.5, 0.6) is 0 Å². The molecule has 3 heterocycles. The molecule has 0 aromatic carbocycles. The topological polar surface area (TPSA) is 59.3 Å². The molecule has 0 saturated carbocycles. The van der Waals surface area contributed by atoms with Gasteiger partial charge in [0.25, 0.3) is 5.91 Å². The zero-order chi connectivity index (χ0) is 17.5. The number of aromatic nitrogens is 3. The van der Waals surface area contributed by atoms with Crippen molar-refractivity contribution in [1.29, 1.82) is 0 Å². The van der Waals surface area contributed by atoms with Crippen LogP contribution in [-0.4, -0.2) is 20.5 Å². The third-order valence-corrected chi connectivity index (χ3v) is 4.75. The lowest BCUT2D eigenvalue weighted by atomic mass is 10.3. The maximum Gasteiger partial charge on any atom is 0.417 e. The highest BCUT2D eigenvalue weighted by molar-refractivity contribution is 7.14. The predicted octanol–water partition coefficient (Wildman–Crippen LogP) is 3.36. The Kier molecular flexibility index (Phi) is 4.04. The quantitative estimate of drug-likeness (QED) is 0.785. The fraction of sp³-hybridized carbons (Fsp3) is 0.267. The number of halogens is 3. The summed E-state index contributed by atoms with van der Waals surface area (Å²) in [5.41, 5.74) is 0.509. The second kappa shape index (κ2) is 5.90. The summed E-state index contributed by atoms with van der Waals surface area (Å²) in [6.45, 7) is 3.81. The maximum absolute atomic E-state index is 12.8. The number of alkyl halides is 3. The third-order valence-electron chi connectivity index (χ3n) is 3.60. The van der Waals surface area contributed by atoms with Crippen molar-refractivity contribution >= 4 is 22.9 Å². The first kappa shape index (κ1) is 16.4. The number of hydrogen-bond donors (Lipinski definition) is 1. The average Bonchev–Trinajstić information content (AvgIpc) is 3.07. The number of pyridine rings is 1. The Hall–Kier alpha value is -2.42. The van der Waals surface area contributed by atoms with Crippen molar-refractivity contribution in [2.75, 3.05) is 0 Å². The number of carbonyl (C=O) groups is 1. The van der Waals surface area contributed by atoms with Crippen LogP contribution in [0.25, 0.3) is 5.65 Å². The molecule has 126 valence electrons. The first-order valence-electron chi connectivity index (χ1n) is 7.02. The molecule has 0 saturated heterocycles. The van der Waals surface area contributed by atoms with Gasteiger partial charge >= 0.3 is 6.18 Å². The van der Waals surface area contributed by atoms with Gasteiger partial charge in [0, 0.05) is 11.1 Å². The number of amides is 1. The number of fused-ring (bicyclic) bond motifs is 1. The minimum absolute atomic E-state index is 0.0166. The van der Waals surface area contributed by atoms with E-state index < -0.39 is 11.7 Å². The normalized spacial score (nSPS) is 11.9. The third kappa shape index (κ3) is 3.12. The van der Waals surface area contributed by atoms with E-state index in [-0.39, 0.29) is 23.9 Å². The summed E-state index contributed by atoms with van der Waals surface area (Å²) in [5.74, 6) is -0.0608. The highest BCUT2D eigenvalue weighted by Crippen LogP contribution is 2.29.